The number of unbranched alkanes of at least 4 members (excludes halogenated alkanes) is 1. The van der Waals surface area contributed by atoms with Gasteiger partial charge in [-0.1, -0.05) is 55.1 Å². The second kappa shape index (κ2) is 9.44. The smallest absolute Gasteiger partial charge is 0.332 e. The lowest BCUT2D eigenvalue weighted by Gasteiger charge is -2.37. The number of benzene rings is 3. The van der Waals surface area contributed by atoms with E-state index in [0.717, 1.165) is 12.8 Å². The number of amides is 2. The van der Waals surface area contributed by atoms with Crippen LogP contribution in [0.5, 0.6) is 0 Å². The average molecular weight is 480 g/mol. The number of hydrogen-bond acceptors (Lipinski definition) is 3. The van der Waals surface area contributed by atoms with Crippen molar-refractivity contribution in [1.29, 1.82) is 5.26 Å². The van der Waals surface area contributed by atoms with Gasteiger partial charge in [0.2, 0.25) is 0 Å². The summed E-state index contributed by atoms with van der Waals surface area (Å²) in [6.07, 6.45) is 2.26. The number of urea groups is 1. The van der Waals surface area contributed by atoms with Crippen molar-refractivity contribution in [2.75, 3.05) is 9.80 Å². The van der Waals surface area contributed by atoms with E-state index in [-0.39, 0.29) is 6.03 Å². The van der Waals surface area contributed by atoms with E-state index in [1.54, 1.807) is 77.7 Å². The normalized spacial score (nSPS) is 20.2. The van der Waals surface area contributed by atoms with Gasteiger partial charge in [0.05, 0.1) is 17.7 Å². The van der Waals surface area contributed by atoms with Gasteiger partial charge in [0.25, 0.3) is 0 Å². The van der Waals surface area contributed by atoms with Crippen molar-refractivity contribution in [3.05, 3.63) is 94.0 Å². The molecule has 2 amide bonds. The Labute approximate surface area is 203 Å². The maximum atomic E-state index is 14.0. The molecule has 1 fully saturated rings. The third-order valence-electron chi connectivity index (χ3n) is 5.95. The Hall–Kier alpha value is -3.04. The first-order valence-electron chi connectivity index (χ1n) is 10.8. The first kappa shape index (κ1) is 23.1. The summed E-state index contributed by atoms with van der Waals surface area (Å²) in [5.74, 6) is 0. The Morgan fingerprint density at radius 2 is 1.61 bits per heavy atom. The number of halogens is 2. The maximum Gasteiger partial charge on any atom is 0.332 e. The molecule has 2 unspecified atom stereocenters. The Balaban J connectivity index is 1.95. The zero-order chi connectivity index (χ0) is 23.6. The molecule has 5 nitrogen and oxygen atoms in total. The fraction of sp³-hybridized carbons (Fsp3) is 0.231. The van der Waals surface area contributed by atoms with Crippen LogP contribution in [0.1, 0.15) is 37.3 Å². The molecule has 0 aromatic heterocycles. The standard InChI is InChI=1S/C26H23Cl2N3O2/c1-2-3-7-24-26(33,19-6-4-5-18(16-19)17-29)31(23-14-10-21(28)11-15-23)25(32)30(24)22-12-8-20(27)9-13-22/h4-6,8-16,24,33H,2-3,7H2,1H3. The van der Waals surface area contributed by atoms with E-state index in [9.17, 15) is 15.2 Å². The largest absolute Gasteiger partial charge is 0.365 e. The molecule has 3 aromatic carbocycles. The van der Waals surface area contributed by atoms with Crippen LogP contribution < -0.4 is 9.80 Å². The lowest BCUT2D eigenvalue weighted by molar-refractivity contribution is 0.0286. The van der Waals surface area contributed by atoms with Crippen LogP contribution in [0.4, 0.5) is 16.2 Å². The lowest BCUT2D eigenvalue weighted by Crippen LogP contribution is -2.49. The number of carbonyl (C=O) groups is 1. The number of aliphatic hydroxyl groups is 1. The molecule has 0 radical (unpaired) electrons. The molecule has 2 atom stereocenters. The third kappa shape index (κ3) is 4.18. The van der Waals surface area contributed by atoms with Crippen molar-refractivity contribution in [2.45, 2.75) is 38.0 Å². The van der Waals surface area contributed by atoms with E-state index in [4.69, 9.17) is 23.2 Å². The van der Waals surface area contributed by atoms with E-state index in [1.165, 1.54) is 4.90 Å². The van der Waals surface area contributed by atoms with Gasteiger partial charge < -0.3 is 5.11 Å². The number of carbonyl (C=O) groups excluding carboxylic acids is 1. The quantitative estimate of drug-likeness (QED) is 0.426. The van der Waals surface area contributed by atoms with Crippen LogP contribution in [-0.2, 0) is 5.72 Å². The fourth-order valence-corrected chi connectivity index (χ4v) is 4.62. The molecule has 7 heteroatoms. The summed E-state index contributed by atoms with van der Waals surface area (Å²) >= 11 is 12.2. The summed E-state index contributed by atoms with van der Waals surface area (Å²) in [4.78, 5) is 17.0. The van der Waals surface area contributed by atoms with Crippen molar-refractivity contribution in [3.63, 3.8) is 0 Å². The summed E-state index contributed by atoms with van der Waals surface area (Å²) in [6.45, 7) is 2.07. The molecule has 0 spiro atoms. The second-order valence-corrected chi connectivity index (χ2v) is 8.89. The lowest BCUT2D eigenvalue weighted by atomic mass is 9.89. The number of hydrogen-bond donors (Lipinski definition) is 1. The molecule has 1 saturated heterocycles. The number of nitrogens with zero attached hydrogens (tertiary/aromatic N) is 3. The molecule has 33 heavy (non-hydrogen) atoms. The minimum atomic E-state index is -1.72. The number of nitriles is 1. The minimum absolute atomic E-state index is 0.370. The van der Waals surface area contributed by atoms with Gasteiger partial charge in [-0.05, 0) is 67.1 Å². The van der Waals surface area contributed by atoms with Crippen LogP contribution in [0.3, 0.4) is 0 Å². The van der Waals surface area contributed by atoms with Gasteiger partial charge in [-0.3, -0.25) is 9.80 Å². The molecule has 0 saturated carbocycles. The highest BCUT2D eigenvalue weighted by molar-refractivity contribution is 6.31. The zero-order valence-electron chi connectivity index (χ0n) is 18.1. The van der Waals surface area contributed by atoms with Gasteiger partial charge in [-0.15, -0.1) is 0 Å². The van der Waals surface area contributed by atoms with E-state index < -0.39 is 11.8 Å². The molecule has 4 rings (SSSR count). The monoisotopic (exact) mass is 479 g/mol. The van der Waals surface area contributed by atoms with Crippen LogP contribution >= 0.6 is 23.2 Å². The minimum Gasteiger partial charge on any atom is -0.365 e. The first-order valence-corrected chi connectivity index (χ1v) is 11.5. The van der Waals surface area contributed by atoms with Gasteiger partial charge in [0.15, 0.2) is 5.72 Å². The van der Waals surface area contributed by atoms with Crippen LogP contribution in [0.2, 0.25) is 10.0 Å². The predicted molar refractivity (Wildman–Crippen MR) is 132 cm³/mol. The van der Waals surface area contributed by atoms with E-state index in [1.807, 2.05) is 0 Å². The van der Waals surface area contributed by atoms with Crippen molar-refractivity contribution >= 4 is 40.6 Å². The van der Waals surface area contributed by atoms with Crippen molar-refractivity contribution < 1.29 is 9.90 Å². The molecule has 1 heterocycles. The summed E-state index contributed by atoms with van der Waals surface area (Å²) in [6, 6.07) is 21.7. The Kier molecular flexibility index (Phi) is 6.62. The van der Waals surface area contributed by atoms with Gasteiger partial charge in [-0.25, -0.2) is 4.79 Å². The summed E-state index contributed by atoms with van der Waals surface area (Å²) in [5, 5.41) is 23.0. The van der Waals surface area contributed by atoms with Crippen molar-refractivity contribution in [2.24, 2.45) is 0 Å². The molecule has 3 aromatic rings. The average Bonchev–Trinajstić information content (AvgIpc) is 3.06. The molecule has 1 aliphatic heterocycles. The summed E-state index contributed by atoms with van der Waals surface area (Å²) < 4.78 is 0. The van der Waals surface area contributed by atoms with Gasteiger partial charge in [0, 0.05) is 27.0 Å². The summed E-state index contributed by atoms with van der Waals surface area (Å²) in [7, 11) is 0. The Bertz CT molecular complexity index is 1190. The van der Waals surface area contributed by atoms with E-state index >= 15 is 0 Å². The van der Waals surface area contributed by atoms with E-state index in [0.29, 0.717) is 39.0 Å². The van der Waals surface area contributed by atoms with E-state index in [2.05, 4.69) is 13.0 Å². The topological polar surface area (TPSA) is 67.6 Å². The van der Waals surface area contributed by atoms with Crippen molar-refractivity contribution in [3.8, 4) is 6.07 Å². The second-order valence-electron chi connectivity index (χ2n) is 8.02. The molecule has 168 valence electrons. The highest BCUT2D eigenvalue weighted by atomic mass is 35.5. The van der Waals surface area contributed by atoms with Crippen LogP contribution in [-0.4, -0.2) is 17.2 Å². The molecular formula is C26H23Cl2N3O2. The maximum absolute atomic E-state index is 14.0. The fourth-order valence-electron chi connectivity index (χ4n) is 4.37. The molecule has 0 bridgehead atoms. The van der Waals surface area contributed by atoms with Gasteiger partial charge in [0.1, 0.15) is 0 Å². The Morgan fingerprint density at radius 3 is 2.18 bits per heavy atom. The first-order chi connectivity index (χ1) is 15.9. The van der Waals surface area contributed by atoms with Crippen molar-refractivity contribution in [1.82, 2.24) is 0 Å². The molecule has 0 aliphatic carbocycles. The predicted octanol–water partition coefficient (Wildman–Crippen LogP) is 6.72. The molecule has 1 aliphatic rings. The summed E-state index contributed by atoms with van der Waals surface area (Å²) in [5.41, 5.74) is 0.308. The van der Waals surface area contributed by atoms with Crippen LogP contribution in [0.15, 0.2) is 72.8 Å². The molecule has 1 N–H and O–H groups in total. The Morgan fingerprint density at radius 1 is 1.00 bits per heavy atom. The van der Waals surface area contributed by atoms with Crippen LogP contribution in [0, 0.1) is 11.3 Å². The SMILES string of the molecule is CCCCC1N(c2ccc(Cl)cc2)C(=O)N(c2ccc(Cl)cc2)C1(O)c1cccc(C#N)c1. The van der Waals surface area contributed by atoms with Gasteiger partial charge >= 0.3 is 6.03 Å². The van der Waals surface area contributed by atoms with Gasteiger partial charge in [-0.2, -0.15) is 5.26 Å². The molecular weight excluding hydrogens is 457 g/mol. The van der Waals surface area contributed by atoms with Crippen LogP contribution in [0.25, 0.3) is 0 Å². The zero-order valence-corrected chi connectivity index (χ0v) is 19.6. The number of anilines is 2. The third-order valence-corrected chi connectivity index (χ3v) is 6.46. The number of rotatable bonds is 6. The highest BCUT2D eigenvalue weighted by Crippen LogP contribution is 2.46. The highest BCUT2D eigenvalue weighted by Gasteiger charge is 2.58.